The van der Waals surface area contributed by atoms with Gasteiger partial charge in [-0.25, -0.2) is 4.79 Å². The molecule has 0 aromatic heterocycles. The Kier molecular flexibility index (Phi) is 4.42. The van der Waals surface area contributed by atoms with Crippen molar-refractivity contribution in [3.8, 4) is 0 Å². The molecule has 1 fully saturated rings. The van der Waals surface area contributed by atoms with E-state index < -0.39 is 5.97 Å². The van der Waals surface area contributed by atoms with Crippen molar-refractivity contribution in [1.29, 1.82) is 0 Å². The average molecular weight is 353 g/mol. The number of nitrogens with one attached hydrogen (secondary N) is 1. The number of hydrogen-bond donors (Lipinski definition) is 3. The Hall–Kier alpha value is -2.37. The molecule has 2 aromatic rings. The minimum atomic E-state index is -0.918. The Morgan fingerprint density at radius 2 is 1.96 bits per heavy atom. The molecule has 0 spiro atoms. The van der Waals surface area contributed by atoms with Gasteiger partial charge in [0.25, 0.3) is 0 Å². The summed E-state index contributed by atoms with van der Waals surface area (Å²) in [6, 6.07) is 13.4. The molecule has 1 saturated heterocycles. The molecule has 0 amide bonds. The Morgan fingerprint density at radius 1 is 1.19 bits per heavy atom. The van der Waals surface area contributed by atoms with Gasteiger partial charge in [0.1, 0.15) is 0 Å². The van der Waals surface area contributed by atoms with Crippen LogP contribution in [0.3, 0.4) is 0 Å². The molecule has 5 nitrogen and oxygen atoms in total. The number of anilines is 1. The van der Waals surface area contributed by atoms with Gasteiger partial charge in [0.05, 0.1) is 30.4 Å². The van der Waals surface area contributed by atoms with E-state index in [0.717, 1.165) is 29.7 Å². The molecule has 5 heteroatoms. The standard InChI is InChI=1S/C21H23NO4/c1-12-2-9-18-17(10-12)20-16(8-7-15(11-23)26-20)19(22-18)13-3-5-14(6-4-13)21(24)25/h2-6,9-10,15-16,19-20,22-23H,7-8,11H2,1H3,(H,24,25)/t15?,16-,19+,20-/m1/s1. The van der Waals surface area contributed by atoms with Crippen molar-refractivity contribution in [1.82, 2.24) is 0 Å². The van der Waals surface area contributed by atoms with Crippen molar-refractivity contribution >= 4 is 11.7 Å². The third-order valence-corrected chi connectivity index (χ3v) is 5.52. The molecule has 2 aliphatic rings. The van der Waals surface area contributed by atoms with Gasteiger partial charge >= 0.3 is 5.97 Å². The number of carboxylic acid groups (broad SMARTS) is 1. The van der Waals surface area contributed by atoms with E-state index in [1.54, 1.807) is 12.1 Å². The van der Waals surface area contributed by atoms with Gasteiger partial charge in [-0.3, -0.25) is 0 Å². The van der Waals surface area contributed by atoms with Crippen molar-refractivity contribution in [2.24, 2.45) is 5.92 Å². The molecule has 4 rings (SSSR count). The predicted octanol–water partition coefficient (Wildman–Crippen LogP) is 3.69. The van der Waals surface area contributed by atoms with E-state index in [0.29, 0.717) is 0 Å². The molecule has 1 unspecified atom stereocenters. The maximum Gasteiger partial charge on any atom is 0.335 e. The lowest BCUT2D eigenvalue weighted by molar-refractivity contribution is -0.110. The number of aliphatic hydroxyl groups excluding tert-OH is 1. The van der Waals surface area contributed by atoms with Gasteiger partial charge in [0, 0.05) is 17.2 Å². The van der Waals surface area contributed by atoms with Crippen LogP contribution in [0.1, 0.15) is 52.0 Å². The number of aromatic carboxylic acids is 1. The molecule has 2 heterocycles. The third kappa shape index (κ3) is 2.97. The molecular formula is C21H23NO4. The van der Waals surface area contributed by atoms with Gasteiger partial charge in [-0.2, -0.15) is 0 Å². The minimum absolute atomic E-state index is 0.0375. The highest BCUT2D eigenvalue weighted by molar-refractivity contribution is 5.87. The number of carboxylic acids is 1. The first kappa shape index (κ1) is 17.1. The van der Waals surface area contributed by atoms with Crippen LogP contribution in [0.2, 0.25) is 0 Å². The van der Waals surface area contributed by atoms with Crippen molar-refractivity contribution in [2.45, 2.75) is 38.0 Å². The van der Waals surface area contributed by atoms with Crippen molar-refractivity contribution < 1.29 is 19.7 Å². The maximum atomic E-state index is 11.1. The lowest BCUT2D eigenvalue weighted by atomic mass is 9.76. The topological polar surface area (TPSA) is 78.8 Å². The lowest BCUT2D eigenvalue weighted by Gasteiger charge is -2.45. The quantitative estimate of drug-likeness (QED) is 0.784. The first-order valence-corrected chi connectivity index (χ1v) is 9.03. The van der Waals surface area contributed by atoms with Crippen LogP contribution in [0.5, 0.6) is 0 Å². The smallest absolute Gasteiger partial charge is 0.335 e. The van der Waals surface area contributed by atoms with Crippen molar-refractivity contribution in [3.63, 3.8) is 0 Å². The lowest BCUT2D eigenvalue weighted by Crippen LogP contribution is -2.40. The van der Waals surface area contributed by atoms with E-state index in [-0.39, 0.29) is 36.3 Å². The summed E-state index contributed by atoms with van der Waals surface area (Å²) in [5.74, 6) is -0.679. The van der Waals surface area contributed by atoms with Gasteiger partial charge in [-0.15, -0.1) is 0 Å². The third-order valence-electron chi connectivity index (χ3n) is 5.52. The fourth-order valence-corrected chi connectivity index (χ4v) is 4.17. The summed E-state index contributed by atoms with van der Waals surface area (Å²) in [6.45, 7) is 2.11. The van der Waals surface area contributed by atoms with Gasteiger partial charge in [0.15, 0.2) is 0 Å². The van der Waals surface area contributed by atoms with Crippen LogP contribution < -0.4 is 5.32 Å². The molecule has 0 aliphatic carbocycles. The van der Waals surface area contributed by atoms with E-state index in [9.17, 15) is 9.90 Å². The van der Waals surface area contributed by atoms with Crippen molar-refractivity contribution in [2.75, 3.05) is 11.9 Å². The van der Waals surface area contributed by atoms with Gasteiger partial charge < -0.3 is 20.3 Å². The van der Waals surface area contributed by atoms with E-state index in [1.807, 2.05) is 12.1 Å². The number of benzene rings is 2. The molecule has 0 bridgehead atoms. The molecule has 3 N–H and O–H groups in total. The maximum absolute atomic E-state index is 11.1. The zero-order valence-electron chi connectivity index (χ0n) is 14.7. The summed E-state index contributed by atoms with van der Waals surface area (Å²) in [4.78, 5) is 11.1. The monoisotopic (exact) mass is 353 g/mol. The molecule has 0 radical (unpaired) electrons. The summed E-state index contributed by atoms with van der Waals surface area (Å²) < 4.78 is 6.25. The Balaban J connectivity index is 1.72. The summed E-state index contributed by atoms with van der Waals surface area (Å²) in [5, 5.41) is 22.3. The molecule has 26 heavy (non-hydrogen) atoms. The molecule has 0 saturated carbocycles. The molecule has 2 aromatic carbocycles. The highest BCUT2D eigenvalue weighted by atomic mass is 16.5. The number of aryl methyl sites for hydroxylation is 1. The predicted molar refractivity (Wildman–Crippen MR) is 98.4 cm³/mol. The highest BCUT2D eigenvalue weighted by Crippen LogP contribution is 2.50. The second-order valence-electron chi connectivity index (χ2n) is 7.24. The summed E-state index contributed by atoms with van der Waals surface area (Å²) >= 11 is 0. The van der Waals surface area contributed by atoms with E-state index >= 15 is 0 Å². The number of ether oxygens (including phenoxy) is 1. The molecular weight excluding hydrogens is 330 g/mol. The van der Waals surface area contributed by atoms with Crippen LogP contribution in [-0.2, 0) is 4.74 Å². The largest absolute Gasteiger partial charge is 0.478 e. The second kappa shape index (κ2) is 6.74. The van der Waals surface area contributed by atoms with Gasteiger partial charge in [0.2, 0.25) is 0 Å². The number of aliphatic hydroxyl groups is 1. The zero-order valence-corrected chi connectivity index (χ0v) is 14.7. The first-order valence-electron chi connectivity index (χ1n) is 9.03. The van der Waals surface area contributed by atoms with Gasteiger partial charge in [-0.05, 0) is 43.5 Å². The fraction of sp³-hybridized carbons (Fsp3) is 0.381. The number of hydrogen-bond acceptors (Lipinski definition) is 4. The first-order chi connectivity index (χ1) is 12.6. The van der Waals surface area contributed by atoms with Crippen LogP contribution in [-0.4, -0.2) is 28.9 Å². The molecule has 136 valence electrons. The van der Waals surface area contributed by atoms with Gasteiger partial charge in [-0.1, -0.05) is 29.8 Å². The second-order valence-corrected chi connectivity index (χ2v) is 7.24. The minimum Gasteiger partial charge on any atom is -0.478 e. The van der Waals surface area contributed by atoms with Crippen LogP contribution in [0.15, 0.2) is 42.5 Å². The number of carbonyl (C=O) groups is 1. The number of fused-ring (bicyclic) bond motifs is 3. The van der Waals surface area contributed by atoms with Crippen LogP contribution in [0, 0.1) is 12.8 Å². The zero-order chi connectivity index (χ0) is 18.3. The van der Waals surface area contributed by atoms with E-state index in [2.05, 4.69) is 30.4 Å². The highest BCUT2D eigenvalue weighted by Gasteiger charge is 2.42. The average Bonchev–Trinajstić information content (AvgIpc) is 2.67. The summed E-state index contributed by atoms with van der Waals surface area (Å²) in [7, 11) is 0. The van der Waals surface area contributed by atoms with E-state index in [1.165, 1.54) is 5.56 Å². The molecule has 4 atom stereocenters. The van der Waals surface area contributed by atoms with E-state index in [4.69, 9.17) is 9.84 Å². The SMILES string of the molecule is Cc1ccc2c(c1)[C@@H]1OC(CO)CC[C@@H]1[C@H](c1ccc(C(=O)O)cc1)N2. The van der Waals surface area contributed by atoms with Crippen LogP contribution in [0.25, 0.3) is 0 Å². The van der Waals surface area contributed by atoms with Crippen LogP contribution >= 0.6 is 0 Å². The molecule has 2 aliphatic heterocycles. The summed E-state index contributed by atoms with van der Waals surface area (Å²) in [6.07, 6.45) is 1.57. The Morgan fingerprint density at radius 3 is 2.65 bits per heavy atom. The Labute approximate surface area is 152 Å². The van der Waals surface area contributed by atoms with Crippen LogP contribution in [0.4, 0.5) is 5.69 Å². The Bertz CT molecular complexity index is 817. The normalized spacial score (nSPS) is 27.2. The summed E-state index contributed by atoms with van der Waals surface area (Å²) in [5.41, 5.74) is 4.72. The van der Waals surface area contributed by atoms with Crippen molar-refractivity contribution in [3.05, 3.63) is 64.7 Å². The number of rotatable bonds is 3. The fourth-order valence-electron chi connectivity index (χ4n) is 4.17.